The second kappa shape index (κ2) is 3.29. The predicted octanol–water partition coefficient (Wildman–Crippen LogP) is 1.12. The van der Waals surface area contributed by atoms with Crippen LogP contribution in [0.1, 0.15) is 25.7 Å². The highest BCUT2D eigenvalue weighted by atomic mass is 16.4. The molecule has 0 aromatic rings. The lowest BCUT2D eigenvalue weighted by Crippen LogP contribution is -2.45. The zero-order valence-corrected chi connectivity index (χ0v) is 7.65. The Kier molecular flexibility index (Phi) is 2.28. The van der Waals surface area contributed by atoms with Gasteiger partial charge in [0.15, 0.2) is 0 Å². The van der Waals surface area contributed by atoms with E-state index in [2.05, 4.69) is 0 Å². The van der Waals surface area contributed by atoms with Gasteiger partial charge in [0.25, 0.3) is 0 Å². The maximum absolute atomic E-state index is 11.0. The molecular formula is C10H16O3. The third-order valence-corrected chi connectivity index (χ3v) is 3.89. The number of aliphatic carboxylic acids is 1. The van der Waals surface area contributed by atoms with Crippen molar-refractivity contribution in [2.24, 2.45) is 23.7 Å². The van der Waals surface area contributed by atoms with Crippen molar-refractivity contribution in [1.82, 2.24) is 0 Å². The van der Waals surface area contributed by atoms with Crippen LogP contribution in [0.5, 0.6) is 0 Å². The first-order chi connectivity index (χ1) is 6.24. The average molecular weight is 184 g/mol. The summed E-state index contributed by atoms with van der Waals surface area (Å²) in [6.07, 6.45) is 4.36. The monoisotopic (exact) mass is 184 g/mol. The zero-order valence-electron chi connectivity index (χ0n) is 7.65. The van der Waals surface area contributed by atoms with Gasteiger partial charge in [-0.15, -0.1) is 0 Å². The van der Waals surface area contributed by atoms with E-state index in [0.29, 0.717) is 11.8 Å². The fraction of sp³-hybridized carbons (Fsp3) is 0.900. The number of carbonyl (C=O) groups is 1. The molecule has 3 fully saturated rings. The summed E-state index contributed by atoms with van der Waals surface area (Å²) in [7, 11) is 0. The molecule has 0 aromatic carbocycles. The summed E-state index contributed by atoms with van der Waals surface area (Å²) >= 11 is 0. The van der Waals surface area contributed by atoms with Crippen LogP contribution >= 0.6 is 0 Å². The smallest absolute Gasteiger partial charge is 0.307 e. The van der Waals surface area contributed by atoms with Gasteiger partial charge < -0.3 is 10.2 Å². The molecule has 3 aliphatic rings. The third-order valence-electron chi connectivity index (χ3n) is 3.89. The summed E-state index contributed by atoms with van der Waals surface area (Å²) < 4.78 is 0. The first-order valence-electron chi connectivity index (χ1n) is 5.07. The Morgan fingerprint density at radius 3 is 2.08 bits per heavy atom. The van der Waals surface area contributed by atoms with Gasteiger partial charge in [-0.25, -0.2) is 0 Å². The van der Waals surface area contributed by atoms with Crippen LogP contribution in [0.4, 0.5) is 0 Å². The molecule has 0 saturated heterocycles. The Labute approximate surface area is 77.8 Å². The number of carboxylic acid groups (broad SMARTS) is 1. The van der Waals surface area contributed by atoms with Gasteiger partial charge in [0.05, 0.1) is 5.92 Å². The number of aliphatic hydroxyl groups is 1. The molecule has 3 nitrogen and oxygen atoms in total. The van der Waals surface area contributed by atoms with Gasteiger partial charge >= 0.3 is 5.97 Å². The third kappa shape index (κ3) is 1.35. The number of hydrogen-bond donors (Lipinski definition) is 2. The van der Waals surface area contributed by atoms with Crippen LogP contribution in [0.3, 0.4) is 0 Å². The number of carboxylic acids is 1. The Bertz CT molecular complexity index is 206. The van der Waals surface area contributed by atoms with Crippen molar-refractivity contribution < 1.29 is 15.0 Å². The Morgan fingerprint density at radius 2 is 1.69 bits per heavy atom. The molecule has 0 aromatic heterocycles. The molecule has 3 heteroatoms. The van der Waals surface area contributed by atoms with E-state index in [0.717, 1.165) is 25.7 Å². The molecule has 0 aliphatic heterocycles. The Morgan fingerprint density at radius 1 is 1.15 bits per heavy atom. The average Bonchev–Trinajstić information content (AvgIpc) is 2.17. The molecule has 0 radical (unpaired) electrons. The van der Waals surface area contributed by atoms with E-state index in [-0.39, 0.29) is 18.4 Å². The van der Waals surface area contributed by atoms with Gasteiger partial charge in [-0.1, -0.05) is 0 Å². The van der Waals surface area contributed by atoms with E-state index < -0.39 is 5.97 Å². The van der Waals surface area contributed by atoms with Crippen LogP contribution < -0.4 is 0 Å². The quantitative estimate of drug-likeness (QED) is 0.676. The Hall–Kier alpha value is -0.570. The summed E-state index contributed by atoms with van der Waals surface area (Å²) in [4.78, 5) is 11.0. The lowest BCUT2D eigenvalue weighted by Gasteiger charge is -2.46. The molecule has 0 spiro atoms. The van der Waals surface area contributed by atoms with Gasteiger partial charge in [-0.05, 0) is 43.4 Å². The van der Waals surface area contributed by atoms with Gasteiger partial charge in [-0.3, -0.25) is 4.79 Å². The van der Waals surface area contributed by atoms with Gasteiger partial charge in [0.1, 0.15) is 0 Å². The van der Waals surface area contributed by atoms with Crippen molar-refractivity contribution in [2.75, 3.05) is 6.61 Å². The predicted molar refractivity (Wildman–Crippen MR) is 47.1 cm³/mol. The zero-order chi connectivity index (χ0) is 9.42. The maximum atomic E-state index is 11.0. The fourth-order valence-corrected chi connectivity index (χ4v) is 3.22. The lowest BCUT2D eigenvalue weighted by atomic mass is 9.59. The molecule has 13 heavy (non-hydrogen) atoms. The standard InChI is InChI=1S/C10H16O3/c11-5-8-6-1-3-7(4-2-6)9(8)10(12)13/h6-9,11H,1-5H2,(H,12,13)/t6?,7?,8-,9+/m1/s1. The minimum atomic E-state index is -0.701. The molecule has 3 rings (SSSR count). The van der Waals surface area contributed by atoms with Crippen LogP contribution in [0, 0.1) is 23.7 Å². The van der Waals surface area contributed by atoms with Crippen molar-refractivity contribution in [3.63, 3.8) is 0 Å². The summed E-state index contributed by atoms with van der Waals surface area (Å²) in [6, 6.07) is 0. The number of rotatable bonds is 2. The maximum Gasteiger partial charge on any atom is 0.307 e. The molecular weight excluding hydrogens is 168 g/mol. The van der Waals surface area contributed by atoms with Crippen molar-refractivity contribution in [1.29, 1.82) is 0 Å². The van der Waals surface area contributed by atoms with E-state index in [9.17, 15) is 4.79 Å². The van der Waals surface area contributed by atoms with Crippen molar-refractivity contribution in [3.05, 3.63) is 0 Å². The minimum Gasteiger partial charge on any atom is -0.481 e. The van der Waals surface area contributed by atoms with Crippen LogP contribution in [0.2, 0.25) is 0 Å². The van der Waals surface area contributed by atoms with Crippen molar-refractivity contribution in [3.8, 4) is 0 Å². The van der Waals surface area contributed by atoms with E-state index in [4.69, 9.17) is 10.2 Å². The SMILES string of the molecule is O=C(O)[C@H]1C2CCC(CC2)[C@H]1CO. The molecule has 2 bridgehead atoms. The lowest BCUT2D eigenvalue weighted by molar-refractivity contribution is -0.154. The van der Waals surface area contributed by atoms with Crippen molar-refractivity contribution >= 4 is 5.97 Å². The first kappa shape index (κ1) is 9.00. The summed E-state index contributed by atoms with van der Waals surface area (Å²) in [5.74, 6) is -0.133. The topological polar surface area (TPSA) is 57.5 Å². The van der Waals surface area contributed by atoms with Gasteiger partial charge in [-0.2, -0.15) is 0 Å². The highest BCUT2D eigenvalue weighted by molar-refractivity contribution is 5.71. The van der Waals surface area contributed by atoms with Gasteiger partial charge in [0.2, 0.25) is 0 Å². The Balaban J connectivity index is 2.18. The number of hydrogen-bond acceptors (Lipinski definition) is 2. The van der Waals surface area contributed by atoms with Crippen molar-refractivity contribution in [2.45, 2.75) is 25.7 Å². The van der Waals surface area contributed by atoms with E-state index in [1.54, 1.807) is 0 Å². The van der Waals surface area contributed by atoms with E-state index in [1.807, 2.05) is 0 Å². The molecule has 0 heterocycles. The molecule has 3 saturated carbocycles. The number of aliphatic hydroxyl groups excluding tert-OH is 1. The second-order valence-electron chi connectivity index (χ2n) is 4.39. The van der Waals surface area contributed by atoms with Crippen LogP contribution in [-0.4, -0.2) is 22.8 Å². The normalized spacial score (nSPS) is 43.5. The molecule has 0 unspecified atom stereocenters. The summed E-state index contributed by atoms with van der Waals surface area (Å²) in [5, 5.41) is 18.2. The van der Waals surface area contributed by atoms with Crippen LogP contribution in [0.15, 0.2) is 0 Å². The first-order valence-corrected chi connectivity index (χ1v) is 5.07. The fourth-order valence-electron chi connectivity index (χ4n) is 3.22. The molecule has 3 aliphatic carbocycles. The van der Waals surface area contributed by atoms with E-state index >= 15 is 0 Å². The summed E-state index contributed by atoms with van der Waals surface area (Å²) in [6.45, 7) is 0.0537. The molecule has 2 atom stereocenters. The minimum absolute atomic E-state index is 0.0324. The molecule has 0 amide bonds. The second-order valence-corrected chi connectivity index (χ2v) is 4.39. The highest BCUT2D eigenvalue weighted by Crippen LogP contribution is 2.48. The largest absolute Gasteiger partial charge is 0.481 e. The highest BCUT2D eigenvalue weighted by Gasteiger charge is 2.46. The van der Waals surface area contributed by atoms with E-state index in [1.165, 1.54) is 0 Å². The van der Waals surface area contributed by atoms with Crippen LogP contribution in [0.25, 0.3) is 0 Å². The molecule has 74 valence electrons. The summed E-state index contributed by atoms with van der Waals surface area (Å²) in [5.41, 5.74) is 0. The van der Waals surface area contributed by atoms with Crippen LogP contribution in [-0.2, 0) is 4.79 Å². The molecule has 2 N–H and O–H groups in total. The number of fused-ring (bicyclic) bond motifs is 3. The van der Waals surface area contributed by atoms with Gasteiger partial charge in [0, 0.05) is 6.61 Å².